The van der Waals surface area contributed by atoms with E-state index in [9.17, 15) is 0 Å². The number of aromatic nitrogens is 2. The van der Waals surface area contributed by atoms with Gasteiger partial charge in [0, 0.05) is 19.8 Å². The maximum atomic E-state index is 6.34. The second-order valence-corrected chi connectivity index (χ2v) is 5.35. The van der Waals surface area contributed by atoms with Crippen molar-refractivity contribution in [2.75, 3.05) is 19.8 Å². The second-order valence-electron chi connectivity index (χ2n) is 4.95. The molecule has 0 aliphatic carbocycles. The molecule has 0 fully saturated rings. The van der Waals surface area contributed by atoms with Gasteiger partial charge in [-0.2, -0.15) is 5.10 Å². The van der Waals surface area contributed by atoms with Crippen molar-refractivity contribution in [3.05, 3.63) is 16.9 Å². The van der Waals surface area contributed by atoms with Crippen LogP contribution in [-0.4, -0.2) is 29.5 Å². The average Bonchev–Trinajstić information content (AvgIpc) is 2.80. The Labute approximate surface area is 127 Å². The SMILES string of the molecule is CCCNC(CCCOCC)c1c(Cl)cnn1CCC. The Kier molecular flexibility index (Phi) is 8.90. The summed E-state index contributed by atoms with van der Waals surface area (Å²) in [6.07, 6.45) is 5.99. The minimum atomic E-state index is 0.261. The van der Waals surface area contributed by atoms with E-state index in [1.165, 1.54) is 0 Å². The van der Waals surface area contributed by atoms with Crippen LogP contribution in [0.1, 0.15) is 58.2 Å². The van der Waals surface area contributed by atoms with Gasteiger partial charge >= 0.3 is 0 Å². The van der Waals surface area contributed by atoms with Crippen LogP contribution in [-0.2, 0) is 11.3 Å². The van der Waals surface area contributed by atoms with E-state index in [1.54, 1.807) is 6.20 Å². The van der Waals surface area contributed by atoms with Crippen LogP contribution in [0.5, 0.6) is 0 Å². The van der Waals surface area contributed by atoms with Gasteiger partial charge in [0.25, 0.3) is 0 Å². The summed E-state index contributed by atoms with van der Waals surface area (Å²) in [4.78, 5) is 0. The highest BCUT2D eigenvalue weighted by atomic mass is 35.5. The lowest BCUT2D eigenvalue weighted by molar-refractivity contribution is 0.140. The molecular formula is C15H28ClN3O. The van der Waals surface area contributed by atoms with Crippen molar-refractivity contribution in [3.8, 4) is 0 Å². The topological polar surface area (TPSA) is 39.1 Å². The fourth-order valence-corrected chi connectivity index (χ4v) is 2.57. The highest BCUT2D eigenvalue weighted by molar-refractivity contribution is 6.31. The summed E-state index contributed by atoms with van der Waals surface area (Å²) < 4.78 is 7.47. The van der Waals surface area contributed by atoms with Crippen LogP contribution in [0, 0.1) is 0 Å². The Hall–Kier alpha value is -0.580. The molecule has 20 heavy (non-hydrogen) atoms. The summed E-state index contributed by atoms with van der Waals surface area (Å²) in [5, 5.41) is 8.75. The summed E-state index contributed by atoms with van der Waals surface area (Å²) >= 11 is 6.34. The Morgan fingerprint density at radius 2 is 2.15 bits per heavy atom. The van der Waals surface area contributed by atoms with Gasteiger partial charge in [-0.3, -0.25) is 4.68 Å². The normalized spacial score (nSPS) is 12.8. The van der Waals surface area contributed by atoms with Crippen molar-refractivity contribution in [3.63, 3.8) is 0 Å². The molecule has 0 aliphatic heterocycles. The zero-order valence-corrected chi connectivity index (χ0v) is 13.7. The van der Waals surface area contributed by atoms with Crippen LogP contribution >= 0.6 is 11.6 Å². The molecule has 1 heterocycles. The molecule has 1 aromatic heterocycles. The number of aryl methyl sites for hydroxylation is 1. The quantitative estimate of drug-likeness (QED) is 0.632. The lowest BCUT2D eigenvalue weighted by atomic mass is 10.1. The standard InChI is InChI=1S/C15H28ClN3O/c1-4-9-17-14(8-7-11-20-6-3)15-13(16)12-18-19(15)10-5-2/h12,14,17H,4-11H2,1-3H3. The molecule has 1 rings (SSSR count). The first-order valence-corrected chi connectivity index (χ1v) is 8.14. The lowest BCUT2D eigenvalue weighted by Gasteiger charge is -2.20. The Bertz CT molecular complexity index is 368. The summed E-state index contributed by atoms with van der Waals surface area (Å²) in [6, 6.07) is 0.261. The Balaban J connectivity index is 2.72. The Morgan fingerprint density at radius 1 is 1.35 bits per heavy atom. The lowest BCUT2D eigenvalue weighted by Crippen LogP contribution is -2.25. The fourth-order valence-electron chi connectivity index (χ4n) is 2.30. The molecule has 0 aliphatic rings. The molecule has 0 bridgehead atoms. The number of ether oxygens (including phenoxy) is 1. The van der Waals surface area contributed by atoms with Crippen LogP contribution in [0.2, 0.25) is 5.02 Å². The molecule has 4 nitrogen and oxygen atoms in total. The third kappa shape index (κ3) is 5.43. The molecule has 0 saturated heterocycles. The van der Waals surface area contributed by atoms with Gasteiger partial charge < -0.3 is 10.1 Å². The molecule has 1 aromatic rings. The van der Waals surface area contributed by atoms with Gasteiger partial charge in [0.15, 0.2) is 0 Å². The highest BCUT2D eigenvalue weighted by Crippen LogP contribution is 2.26. The first kappa shape index (κ1) is 17.5. The van der Waals surface area contributed by atoms with Gasteiger partial charge in [-0.05, 0) is 39.2 Å². The molecule has 1 unspecified atom stereocenters. The maximum absolute atomic E-state index is 6.34. The molecule has 0 radical (unpaired) electrons. The van der Waals surface area contributed by atoms with Gasteiger partial charge in [-0.25, -0.2) is 0 Å². The number of rotatable bonds is 11. The molecule has 1 N–H and O–H groups in total. The van der Waals surface area contributed by atoms with Gasteiger partial charge in [0.05, 0.1) is 23.0 Å². The zero-order valence-electron chi connectivity index (χ0n) is 13.0. The minimum Gasteiger partial charge on any atom is -0.382 e. The summed E-state index contributed by atoms with van der Waals surface area (Å²) in [5.74, 6) is 0. The fraction of sp³-hybridized carbons (Fsp3) is 0.800. The van der Waals surface area contributed by atoms with Crippen LogP contribution in [0.4, 0.5) is 0 Å². The molecule has 0 spiro atoms. The number of nitrogens with one attached hydrogen (secondary N) is 1. The average molecular weight is 302 g/mol. The maximum Gasteiger partial charge on any atom is 0.0834 e. The third-order valence-electron chi connectivity index (χ3n) is 3.23. The summed E-state index contributed by atoms with van der Waals surface area (Å²) in [7, 11) is 0. The molecule has 0 amide bonds. The van der Waals surface area contributed by atoms with Crippen LogP contribution in [0.15, 0.2) is 6.20 Å². The molecule has 5 heteroatoms. The molecule has 116 valence electrons. The first-order chi connectivity index (χ1) is 9.74. The highest BCUT2D eigenvalue weighted by Gasteiger charge is 2.19. The van der Waals surface area contributed by atoms with E-state index in [2.05, 4.69) is 24.3 Å². The van der Waals surface area contributed by atoms with E-state index in [0.717, 1.165) is 62.7 Å². The smallest absolute Gasteiger partial charge is 0.0834 e. The predicted octanol–water partition coefficient (Wildman–Crippen LogP) is 3.80. The largest absolute Gasteiger partial charge is 0.382 e. The van der Waals surface area contributed by atoms with Crippen molar-refractivity contribution < 1.29 is 4.74 Å². The monoisotopic (exact) mass is 301 g/mol. The summed E-state index contributed by atoms with van der Waals surface area (Å²) in [5.41, 5.74) is 1.12. The van der Waals surface area contributed by atoms with Crippen molar-refractivity contribution >= 4 is 11.6 Å². The Morgan fingerprint density at radius 3 is 2.80 bits per heavy atom. The number of hydrogen-bond donors (Lipinski definition) is 1. The third-order valence-corrected chi connectivity index (χ3v) is 3.52. The first-order valence-electron chi connectivity index (χ1n) is 7.76. The van der Waals surface area contributed by atoms with E-state index in [-0.39, 0.29) is 6.04 Å². The van der Waals surface area contributed by atoms with Crippen LogP contribution in [0.25, 0.3) is 0 Å². The number of hydrogen-bond acceptors (Lipinski definition) is 3. The van der Waals surface area contributed by atoms with E-state index in [4.69, 9.17) is 16.3 Å². The van der Waals surface area contributed by atoms with Gasteiger partial charge in [-0.1, -0.05) is 25.4 Å². The van der Waals surface area contributed by atoms with Gasteiger partial charge in [-0.15, -0.1) is 0 Å². The van der Waals surface area contributed by atoms with Crippen molar-refractivity contribution in [1.82, 2.24) is 15.1 Å². The van der Waals surface area contributed by atoms with Crippen molar-refractivity contribution in [2.24, 2.45) is 0 Å². The van der Waals surface area contributed by atoms with E-state index in [1.807, 2.05) is 11.6 Å². The second kappa shape index (κ2) is 10.2. The number of halogens is 1. The summed E-state index contributed by atoms with van der Waals surface area (Å²) in [6.45, 7) is 9.85. The molecular weight excluding hydrogens is 274 g/mol. The van der Waals surface area contributed by atoms with Gasteiger partial charge in [0.2, 0.25) is 0 Å². The molecule has 0 saturated carbocycles. The van der Waals surface area contributed by atoms with Crippen LogP contribution in [0.3, 0.4) is 0 Å². The minimum absolute atomic E-state index is 0.261. The van der Waals surface area contributed by atoms with E-state index < -0.39 is 0 Å². The van der Waals surface area contributed by atoms with Gasteiger partial charge in [0.1, 0.15) is 0 Å². The molecule has 1 atom stereocenters. The predicted molar refractivity (Wildman–Crippen MR) is 84.3 cm³/mol. The zero-order chi connectivity index (χ0) is 14.8. The van der Waals surface area contributed by atoms with E-state index in [0.29, 0.717) is 0 Å². The van der Waals surface area contributed by atoms with Crippen molar-refractivity contribution in [1.29, 1.82) is 0 Å². The van der Waals surface area contributed by atoms with E-state index >= 15 is 0 Å². The van der Waals surface area contributed by atoms with Crippen molar-refractivity contribution in [2.45, 2.75) is 59.0 Å². The molecule has 0 aromatic carbocycles. The number of nitrogens with zero attached hydrogens (tertiary/aromatic N) is 2. The van der Waals surface area contributed by atoms with Crippen LogP contribution < -0.4 is 5.32 Å².